The van der Waals surface area contributed by atoms with E-state index in [2.05, 4.69) is 11.7 Å². The predicted molar refractivity (Wildman–Crippen MR) is 35.9 cm³/mol. The summed E-state index contributed by atoms with van der Waals surface area (Å²) < 4.78 is 5.08. The highest BCUT2D eigenvalue weighted by atomic mass is 16.5. The quantitative estimate of drug-likeness (QED) is 0.382. The second kappa shape index (κ2) is 2.53. The Hall–Kier alpha value is -0.990. The number of rotatable bonds is 0. The summed E-state index contributed by atoms with van der Waals surface area (Å²) in [5, 5.41) is 3.57. The van der Waals surface area contributed by atoms with Crippen LogP contribution in [0.5, 0.6) is 0 Å². The van der Waals surface area contributed by atoms with Gasteiger partial charge in [0.15, 0.2) is 0 Å². The smallest absolute Gasteiger partial charge is 0.0945 e. The molecule has 1 heterocycles. The third-order valence-corrected chi connectivity index (χ3v) is 1.28. The minimum Gasteiger partial charge on any atom is -0.498 e. The average molecular weight is 126 g/mol. The molecule has 1 fully saturated rings. The number of ether oxygens (including phenoxy) is 1. The molecule has 2 N–H and O–H groups in total. The molecule has 0 aromatic heterocycles. The molecule has 0 atom stereocenters. The van der Waals surface area contributed by atoms with Crippen molar-refractivity contribution in [1.82, 2.24) is 0 Å². The lowest BCUT2D eigenvalue weighted by atomic mass is 10.1. The van der Waals surface area contributed by atoms with E-state index in [0.717, 1.165) is 17.9 Å². The normalized spacial score (nSPS) is 24.0. The highest BCUT2D eigenvalue weighted by molar-refractivity contribution is 5.86. The fourth-order valence-corrected chi connectivity index (χ4v) is 0.790. The molecule has 1 saturated heterocycles. The van der Waals surface area contributed by atoms with Gasteiger partial charge in [-0.25, -0.2) is 0 Å². The van der Waals surface area contributed by atoms with E-state index < -0.39 is 0 Å². The molecule has 9 heavy (non-hydrogen) atoms. The van der Waals surface area contributed by atoms with Crippen LogP contribution in [-0.2, 0) is 4.74 Å². The van der Waals surface area contributed by atoms with E-state index in [-0.39, 0.29) is 0 Å². The molecule has 0 aromatic carbocycles. The third-order valence-electron chi connectivity index (χ3n) is 1.28. The van der Waals surface area contributed by atoms with Gasteiger partial charge >= 0.3 is 0 Å². The van der Waals surface area contributed by atoms with Crippen molar-refractivity contribution in [1.29, 1.82) is 0 Å². The number of nitrogens with two attached hydrogens (primary N) is 1. The Balaban J connectivity index is 2.51. The zero-order valence-electron chi connectivity index (χ0n) is 5.26. The van der Waals surface area contributed by atoms with Crippen molar-refractivity contribution in [2.45, 2.75) is 12.8 Å². The summed E-state index contributed by atoms with van der Waals surface area (Å²) in [5.74, 6) is 5.83. The zero-order chi connectivity index (χ0) is 6.69. The van der Waals surface area contributed by atoms with Gasteiger partial charge in [-0.2, -0.15) is 5.10 Å². The summed E-state index contributed by atoms with van der Waals surface area (Å²) in [6.45, 7) is 4.33. The summed E-state index contributed by atoms with van der Waals surface area (Å²) in [6, 6.07) is 0. The van der Waals surface area contributed by atoms with E-state index in [9.17, 15) is 0 Å². The monoisotopic (exact) mass is 126 g/mol. The van der Waals surface area contributed by atoms with Gasteiger partial charge in [-0.1, -0.05) is 6.58 Å². The molecule has 0 amide bonds. The maximum atomic E-state index is 5.08. The first-order valence-corrected chi connectivity index (χ1v) is 2.89. The first-order valence-electron chi connectivity index (χ1n) is 2.89. The molecule has 0 aromatic rings. The van der Waals surface area contributed by atoms with E-state index in [0.29, 0.717) is 13.0 Å². The van der Waals surface area contributed by atoms with Crippen LogP contribution in [0.3, 0.4) is 0 Å². The summed E-state index contributed by atoms with van der Waals surface area (Å²) in [5.41, 5.74) is 0.978. The Morgan fingerprint density at radius 3 is 2.89 bits per heavy atom. The van der Waals surface area contributed by atoms with Crippen LogP contribution in [0.25, 0.3) is 0 Å². The second-order valence-electron chi connectivity index (χ2n) is 2.01. The van der Waals surface area contributed by atoms with Gasteiger partial charge in [-0.15, -0.1) is 0 Å². The molecule has 1 rings (SSSR count). The largest absolute Gasteiger partial charge is 0.498 e. The SMILES string of the molecule is C=C1C/C(=N/N)CCO1. The Labute approximate surface area is 54.2 Å². The van der Waals surface area contributed by atoms with Gasteiger partial charge in [0.2, 0.25) is 0 Å². The van der Waals surface area contributed by atoms with Gasteiger partial charge in [-0.05, 0) is 0 Å². The van der Waals surface area contributed by atoms with Crippen LogP contribution >= 0.6 is 0 Å². The number of hydrogen-bond acceptors (Lipinski definition) is 3. The molecule has 0 radical (unpaired) electrons. The Kier molecular flexibility index (Phi) is 1.72. The van der Waals surface area contributed by atoms with Crippen LogP contribution < -0.4 is 5.84 Å². The van der Waals surface area contributed by atoms with Crippen LogP contribution in [0.1, 0.15) is 12.8 Å². The topological polar surface area (TPSA) is 47.6 Å². The van der Waals surface area contributed by atoms with Crippen molar-refractivity contribution < 1.29 is 4.74 Å². The van der Waals surface area contributed by atoms with Crippen LogP contribution in [0.15, 0.2) is 17.4 Å². The number of hydrazone groups is 1. The van der Waals surface area contributed by atoms with E-state index >= 15 is 0 Å². The van der Waals surface area contributed by atoms with Crippen LogP contribution in [0, 0.1) is 0 Å². The Morgan fingerprint density at radius 2 is 2.44 bits per heavy atom. The lowest BCUT2D eigenvalue weighted by Crippen LogP contribution is -2.14. The van der Waals surface area contributed by atoms with E-state index in [1.807, 2.05) is 0 Å². The second-order valence-corrected chi connectivity index (χ2v) is 2.01. The van der Waals surface area contributed by atoms with Gasteiger partial charge in [0.05, 0.1) is 12.4 Å². The molecule has 0 unspecified atom stereocenters. The summed E-state index contributed by atoms with van der Waals surface area (Å²) in [7, 11) is 0. The molecule has 0 aliphatic carbocycles. The first kappa shape index (κ1) is 6.13. The van der Waals surface area contributed by atoms with E-state index in [4.69, 9.17) is 10.6 Å². The lowest BCUT2D eigenvalue weighted by Gasteiger charge is -2.15. The molecular formula is C6H10N2O. The van der Waals surface area contributed by atoms with Gasteiger partial charge in [0, 0.05) is 18.6 Å². The molecule has 0 bridgehead atoms. The van der Waals surface area contributed by atoms with Crippen LogP contribution in [0.2, 0.25) is 0 Å². The molecule has 0 saturated carbocycles. The third kappa shape index (κ3) is 1.45. The fourth-order valence-electron chi connectivity index (χ4n) is 0.790. The van der Waals surface area contributed by atoms with Crippen LogP contribution in [0.4, 0.5) is 0 Å². The molecule has 1 aliphatic rings. The molecular weight excluding hydrogens is 116 g/mol. The van der Waals surface area contributed by atoms with E-state index in [1.54, 1.807) is 0 Å². The predicted octanol–water partition coefficient (Wildman–Crippen LogP) is 0.625. The van der Waals surface area contributed by atoms with Gasteiger partial charge in [-0.3, -0.25) is 0 Å². The maximum Gasteiger partial charge on any atom is 0.0945 e. The molecule has 1 aliphatic heterocycles. The minimum absolute atomic E-state index is 0.675. The van der Waals surface area contributed by atoms with E-state index in [1.165, 1.54) is 0 Å². The van der Waals surface area contributed by atoms with Gasteiger partial charge in [0.25, 0.3) is 0 Å². The Morgan fingerprint density at radius 1 is 1.67 bits per heavy atom. The number of hydrogen-bond donors (Lipinski definition) is 1. The van der Waals surface area contributed by atoms with Crippen molar-refractivity contribution in [3.05, 3.63) is 12.3 Å². The first-order chi connectivity index (χ1) is 4.33. The maximum absolute atomic E-state index is 5.08. The van der Waals surface area contributed by atoms with Crippen molar-refractivity contribution in [2.75, 3.05) is 6.61 Å². The number of allylic oxidation sites excluding steroid dienone is 1. The van der Waals surface area contributed by atoms with Crippen molar-refractivity contribution >= 4 is 5.71 Å². The highest BCUT2D eigenvalue weighted by Gasteiger charge is 2.09. The average Bonchev–Trinajstić information content (AvgIpc) is 1.88. The summed E-state index contributed by atoms with van der Waals surface area (Å²) >= 11 is 0. The zero-order valence-corrected chi connectivity index (χ0v) is 5.26. The highest BCUT2D eigenvalue weighted by Crippen LogP contribution is 2.11. The number of nitrogens with zero attached hydrogens (tertiary/aromatic N) is 1. The van der Waals surface area contributed by atoms with Gasteiger partial charge in [0.1, 0.15) is 0 Å². The van der Waals surface area contributed by atoms with Crippen molar-refractivity contribution in [3.63, 3.8) is 0 Å². The minimum atomic E-state index is 0.675. The summed E-state index contributed by atoms with van der Waals surface area (Å²) in [4.78, 5) is 0. The molecule has 50 valence electrons. The standard InChI is InChI=1S/C6H10N2O/c1-5-4-6(8-7)2-3-9-5/h1-4,7H2/b8-6+. The molecule has 3 heteroatoms. The fraction of sp³-hybridized carbons (Fsp3) is 0.500. The van der Waals surface area contributed by atoms with Crippen LogP contribution in [-0.4, -0.2) is 12.3 Å². The Bertz CT molecular complexity index is 151. The summed E-state index contributed by atoms with van der Waals surface area (Å²) in [6.07, 6.45) is 1.55. The molecule has 3 nitrogen and oxygen atoms in total. The van der Waals surface area contributed by atoms with Crippen molar-refractivity contribution in [3.8, 4) is 0 Å². The van der Waals surface area contributed by atoms with Gasteiger partial charge < -0.3 is 10.6 Å². The molecule has 0 spiro atoms. The lowest BCUT2D eigenvalue weighted by molar-refractivity contribution is 0.206. The van der Waals surface area contributed by atoms with Crippen molar-refractivity contribution in [2.24, 2.45) is 10.9 Å².